The molecule has 1 amide bonds. The van der Waals surface area contributed by atoms with Crippen molar-refractivity contribution in [3.8, 4) is 5.19 Å². The largest absolute Gasteiger partial charge is 0.478 e. The number of hydrogen-bond donors (Lipinski definition) is 1. The lowest BCUT2D eigenvalue weighted by molar-refractivity contribution is 0.0954. The Morgan fingerprint density at radius 2 is 2.11 bits per heavy atom. The van der Waals surface area contributed by atoms with Gasteiger partial charge in [-0.15, -0.1) is 0 Å². The Labute approximate surface area is 166 Å². The minimum Gasteiger partial charge on any atom is -0.478 e. The fraction of sp³-hybridized carbons (Fsp3) is 0.700. The van der Waals surface area contributed by atoms with Gasteiger partial charge in [-0.3, -0.25) is 9.69 Å². The van der Waals surface area contributed by atoms with Gasteiger partial charge in [0.15, 0.2) is 0 Å². The molecule has 0 aliphatic carbocycles. The van der Waals surface area contributed by atoms with E-state index in [9.17, 15) is 4.79 Å². The molecule has 1 aliphatic heterocycles. The van der Waals surface area contributed by atoms with Crippen LogP contribution in [0.4, 0.5) is 0 Å². The highest BCUT2D eigenvalue weighted by Crippen LogP contribution is 2.23. The fourth-order valence-corrected chi connectivity index (χ4v) is 3.78. The summed E-state index contributed by atoms with van der Waals surface area (Å²) >= 11 is 1.25. The van der Waals surface area contributed by atoms with Crippen LogP contribution in [-0.4, -0.2) is 41.7 Å². The molecule has 2 heterocycles. The van der Waals surface area contributed by atoms with Crippen LogP contribution in [0.1, 0.15) is 69.5 Å². The van der Waals surface area contributed by atoms with Gasteiger partial charge >= 0.3 is 0 Å². The van der Waals surface area contributed by atoms with E-state index in [1.807, 2.05) is 0 Å². The molecule has 1 N–H and O–H groups in total. The maximum atomic E-state index is 12.3. The Hall–Kier alpha value is -1.60. The third-order valence-corrected chi connectivity index (χ3v) is 5.62. The summed E-state index contributed by atoms with van der Waals surface area (Å²) in [4.78, 5) is 19.2. The van der Waals surface area contributed by atoms with Gasteiger partial charge in [-0.1, -0.05) is 50.9 Å². The van der Waals surface area contributed by atoms with Crippen molar-refractivity contribution in [2.45, 2.75) is 65.8 Å². The van der Waals surface area contributed by atoms with Gasteiger partial charge < -0.3 is 14.8 Å². The highest BCUT2D eigenvalue weighted by molar-refractivity contribution is 7.15. The number of nitrogens with zero attached hydrogens (tertiary/aromatic N) is 2. The smallest absolute Gasteiger partial charge is 0.278 e. The summed E-state index contributed by atoms with van der Waals surface area (Å²) < 4.78 is 11.1. The summed E-state index contributed by atoms with van der Waals surface area (Å²) in [5.41, 5.74) is 0. The molecule has 0 unspecified atom stereocenters. The predicted octanol–water partition coefficient (Wildman–Crippen LogP) is 4.40. The van der Waals surface area contributed by atoms with Crippen molar-refractivity contribution in [1.29, 1.82) is 0 Å². The van der Waals surface area contributed by atoms with Crippen LogP contribution in [0, 0.1) is 5.92 Å². The van der Waals surface area contributed by atoms with E-state index >= 15 is 0 Å². The quantitative estimate of drug-likeness (QED) is 0.563. The number of carbonyl (C=O) groups excluding carboxylic acids is 1. The molecule has 0 spiro atoms. The molecule has 27 heavy (non-hydrogen) atoms. The van der Waals surface area contributed by atoms with Gasteiger partial charge in [-0.05, 0) is 26.2 Å². The van der Waals surface area contributed by atoms with Gasteiger partial charge in [0.05, 0.1) is 12.7 Å². The molecule has 0 radical (unpaired) electrons. The average molecular weight is 396 g/mol. The van der Waals surface area contributed by atoms with Crippen LogP contribution < -0.4 is 10.1 Å². The summed E-state index contributed by atoms with van der Waals surface area (Å²) in [6.45, 7) is 10.7. The number of aromatic nitrogens is 1. The topological polar surface area (TPSA) is 63.7 Å². The summed E-state index contributed by atoms with van der Waals surface area (Å²) in [6.07, 6.45) is 9.04. The second-order valence-electron chi connectivity index (χ2n) is 7.29. The molecule has 1 saturated heterocycles. The molecule has 1 fully saturated rings. The first-order chi connectivity index (χ1) is 13.0. The molecule has 1 aliphatic rings. The second kappa shape index (κ2) is 11.3. The second-order valence-corrected chi connectivity index (χ2v) is 8.29. The third-order valence-electron chi connectivity index (χ3n) is 4.74. The number of hydrogen-bond acceptors (Lipinski definition) is 6. The van der Waals surface area contributed by atoms with Gasteiger partial charge in [0, 0.05) is 12.6 Å². The Kier molecular flexibility index (Phi) is 9.07. The number of rotatable bonds is 11. The minimum atomic E-state index is -0.0788. The van der Waals surface area contributed by atoms with Crippen molar-refractivity contribution in [3.63, 3.8) is 0 Å². The zero-order valence-corrected chi connectivity index (χ0v) is 17.8. The number of thiazole rings is 1. The lowest BCUT2D eigenvalue weighted by atomic mass is 9.95. The maximum absolute atomic E-state index is 12.3. The fourth-order valence-electron chi connectivity index (χ4n) is 3.12. The first-order valence-electron chi connectivity index (χ1n) is 10.00. The van der Waals surface area contributed by atoms with Crippen molar-refractivity contribution in [2.24, 2.45) is 5.92 Å². The van der Waals surface area contributed by atoms with Crippen molar-refractivity contribution in [1.82, 2.24) is 15.2 Å². The highest BCUT2D eigenvalue weighted by Gasteiger charge is 2.20. The molecule has 7 heteroatoms. The summed E-state index contributed by atoms with van der Waals surface area (Å²) in [5, 5.41) is 3.46. The molecular weight excluding hydrogens is 362 g/mol. The van der Waals surface area contributed by atoms with Gasteiger partial charge in [0.25, 0.3) is 11.1 Å². The van der Waals surface area contributed by atoms with Crippen LogP contribution in [0.3, 0.4) is 0 Å². The van der Waals surface area contributed by atoms with Crippen molar-refractivity contribution in [3.05, 3.63) is 23.1 Å². The van der Waals surface area contributed by atoms with E-state index in [1.54, 1.807) is 12.5 Å². The average Bonchev–Trinajstić information content (AvgIpc) is 3.30. The molecule has 6 nitrogen and oxygen atoms in total. The zero-order chi connectivity index (χ0) is 19.6. The molecule has 0 atom stereocenters. The van der Waals surface area contributed by atoms with Crippen LogP contribution in [0.2, 0.25) is 0 Å². The molecular formula is C20H33N3O3S. The first-order valence-corrected chi connectivity index (χ1v) is 10.8. The van der Waals surface area contributed by atoms with E-state index in [2.05, 4.69) is 42.9 Å². The predicted molar refractivity (Wildman–Crippen MR) is 109 cm³/mol. The van der Waals surface area contributed by atoms with Gasteiger partial charge in [0.2, 0.25) is 0 Å². The van der Waals surface area contributed by atoms with Crippen LogP contribution >= 0.6 is 11.3 Å². The van der Waals surface area contributed by atoms with Crippen molar-refractivity contribution < 1.29 is 14.3 Å². The third kappa shape index (κ3) is 7.14. The molecule has 0 bridgehead atoms. The van der Waals surface area contributed by atoms with Gasteiger partial charge in [-0.25, -0.2) is 4.98 Å². The monoisotopic (exact) mass is 395 g/mol. The molecule has 0 saturated carbocycles. The summed E-state index contributed by atoms with van der Waals surface area (Å²) in [5.74, 6) is 1.40. The molecule has 152 valence electrons. The van der Waals surface area contributed by atoms with E-state index < -0.39 is 0 Å². The Morgan fingerprint density at radius 1 is 1.37 bits per heavy atom. The lowest BCUT2D eigenvalue weighted by Crippen LogP contribution is -2.27. The number of amides is 1. The molecule has 1 aromatic heterocycles. The maximum Gasteiger partial charge on any atom is 0.278 e. The molecule has 1 aromatic rings. The standard InChI is InChI=1S/C20H33N3O3S/c1-5-7-16(8-6-2)9-10-21-19(24)18-11-22-20(27-18)25-13-17-12-23(14-26-17)15(3)4/h11,13,15-16H,5-10,12,14H2,1-4H3,(H,21,24). The van der Waals surface area contributed by atoms with Crippen LogP contribution in [0.5, 0.6) is 5.19 Å². The normalized spacial score (nSPS) is 16.3. The Bertz CT molecular complexity index is 609. The van der Waals surface area contributed by atoms with E-state index in [0.717, 1.165) is 18.7 Å². The minimum absolute atomic E-state index is 0.0788. The Balaban J connectivity index is 1.77. The molecule has 2 rings (SSSR count). The van der Waals surface area contributed by atoms with Crippen LogP contribution in [-0.2, 0) is 4.74 Å². The molecule has 0 aromatic carbocycles. The van der Waals surface area contributed by atoms with Crippen molar-refractivity contribution >= 4 is 17.2 Å². The zero-order valence-electron chi connectivity index (χ0n) is 17.0. The van der Waals surface area contributed by atoms with E-state index in [1.165, 1.54) is 37.0 Å². The number of carbonyl (C=O) groups is 1. The van der Waals surface area contributed by atoms with Gasteiger partial charge in [-0.2, -0.15) is 0 Å². The SMILES string of the molecule is CCCC(CCC)CCNC(=O)c1cnc(OC=C2CN(C(C)C)CO2)s1. The van der Waals surface area contributed by atoms with Gasteiger partial charge in [0.1, 0.15) is 23.6 Å². The summed E-state index contributed by atoms with van der Waals surface area (Å²) in [6, 6.07) is 0.431. The van der Waals surface area contributed by atoms with Crippen molar-refractivity contribution in [2.75, 3.05) is 19.8 Å². The van der Waals surface area contributed by atoms with E-state index in [4.69, 9.17) is 9.47 Å². The first kappa shape index (κ1) is 21.7. The number of nitrogens with one attached hydrogen (secondary N) is 1. The van der Waals surface area contributed by atoms with Crippen LogP contribution in [0.15, 0.2) is 18.2 Å². The Morgan fingerprint density at radius 3 is 2.74 bits per heavy atom. The van der Waals surface area contributed by atoms with E-state index in [-0.39, 0.29) is 5.91 Å². The van der Waals surface area contributed by atoms with Crippen LogP contribution in [0.25, 0.3) is 0 Å². The van der Waals surface area contributed by atoms with E-state index in [0.29, 0.717) is 35.3 Å². The summed E-state index contributed by atoms with van der Waals surface area (Å²) in [7, 11) is 0. The number of ether oxygens (including phenoxy) is 2. The highest BCUT2D eigenvalue weighted by atomic mass is 32.1. The lowest BCUT2D eigenvalue weighted by Gasteiger charge is -2.15.